The molecule has 0 bridgehead atoms. The smallest absolute Gasteiger partial charge is 0.180 e. The predicted molar refractivity (Wildman–Crippen MR) is 61.8 cm³/mol. The first kappa shape index (κ1) is 13.9. The minimum Gasteiger partial charge on any atom is -0.481 e. The Morgan fingerprint density at radius 1 is 0.800 bits per heavy atom. The zero-order valence-electron chi connectivity index (χ0n) is 9.77. The lowest BCUT2D eigenvalue weighted by Gasteiger charge is -2.05. The van der Waals surface area contributed by atoms with Crippen LogP contribution in [0.3, 0.4) is 0 Å². The zero-order chi connectivity index (χ0) is 11.5. The molecule has 4 nitrogen and oxygen atoms in total. The summed E-state index contributed by atoms with van der Waals surface area (Å²) >= 11 is 0. The number of rotatable bonds is 8. The lowest BCUT2D eigenvalue weighted by Crippen LogP contribution is -2.04. The Bertz CT molecular complexity index is 173. The summed E-state index contributed by atoms with van der Waals surface area (Å²) in [6.07, 6.45) is 4.34. The first-order valence-electron chi connectivity index (χ1n) is 5.61. The largest absolute Gasteiger partial charge is 0.481 e. The lowest BCUT2D eigenvalue weighted by molar-refractivity contribution is 0.309. The maximum absolute atomic E-state index is 7.39. The molecule has 0 radical (unpaired) electrons. The van der Waals surface area contributed by atoms with E-state index in [4.69, 9.17) is 20.3 Å². The van der Waals surface area contributed by atoms with Crippen molar-refractivity contribution in [1.29, 1.82) is 10.8 Å². The van der Waals surface area contributed by atoms with E-state index in [0.717, 1.165) is 19.3 Å². The average molecular weight is 214 g/mol. The van der Waals surface area contributed by atoms with Crippen LogP contribution in [0.5, 0.6) is 0 Å². The summed E-state index contributed by atoms with van der Waals surface area (Å²) in [5.41, 5.74) is 0. The standard InChI is InChI=1S/C11H22N2O2/c1-3-14-10(12)8-6-5-7-9-11(13)15-4-2/h12-13H,3-9H2,1-2H3. The monoisotopic (exact) mass is 214 g/mol. The molecular formula is C11H22N2O2. The number of hydrogen-bond donors (Lipinski definition) is 2. The van der Waals surface area contributed by atoms with Gasteiger partial charge in [-0.2, -0.15) is 0 Å². The van der Waals surface area contributed by atoms with Gasteiger partial charge in [0.15, 0.2) is 11.8 Å². The predicted octanol–water partition coefficient (Wildman–Crippen LogP) is 2.96. The second-order valence-corrected chi connectivity index (χ2v) is 3.27. The molecule has 0 amide bonds. The normalized spacial score (nSPS) is 9.73. The van der Waals surface area contributed by atoms with Crippen LogP contribution in [0, 0.1) is 10.8 Å². The van der Waals surface area contributed by atoms with Crippen LogP contribution in [0.4, 0.5) is 0 Å². The summed E-state index contributed by atoms with van der Waals surface area (Å²) in [4.78, 5) is 0. The molecule has 0 heterocycles. The topological polar surface area (TPSA) is 66.2 Å². The van der Waals surface area contributed by atoms with Gasteiger partial charge in [-0.05, 0) is 26.7 Å². The van der Waals surface area contributed by atoms with E-state index < -0.39 is 0 Å². The molecule has 2 N–H and O–H groups in total. The van der Waals surface area contributed by atoms with E-state index in [0.29, 0.717) is 37.9 Å². The van der Waals surface area contributed by atoms with Gasteiger partial charge in [-0.3, -0.25) is 10.8 Å². The van der Waals surface area contributed by atoms with Gasteiger partial charge >= 0.3 is 0 Å². The summed E-state index contributed by atoms with van der Waals surface area (Å²) in [6, 6.07) is 0. The van der Waals surface area contributed by atoms with Gasteiger partial charge in [0, 0.05) is 12.8 Å². The van der Waals surface area contributed by atoms with Gasteiger partial charge < -0.3 is 9.47 Å². The van der Waals surface area contributed by atoms with Crippen LogP contribution in [0.1, 0.15) is 46.0 Å². The fourth-order valence-electron chi connectivity index (χ4n) is 1.24. The number of ether oxygens (including phenoxy) is 2. The van der Waals surface area contributed by atoms with Crippen molar-refractivity contribution >= 4 is 11.8 Å². The second-order valence-electron chi connectivity index (χ2n) is 3.27. The van der Waals surface area contributed by atoms with E-state index in [2.05, 4.69) is 0 Å². The maximum Gasteiger partial charge on any atom is 0.180 e. The average Bonchev–Trinajstić information content (AvgIpc) is 2.18. The SMILES string of the molecule is CCOC(=N)CCCCCC(=N)OCC. The summed E-state index contributed by atoms with van der Waals surface area (Å²) in [7, 11) is 0. The Morgan fingerprint density at radius 3 is 1.53 bits per heavy atom. The van der Waals surface area contributed by atoms with Crippen molar-refractivity contribution in [2.75, 3.05) is 13.2 Å². The lowest BCUT2D eigenvalue weighted by atomic mass is 10.1. The van der Waals surface area contributed by atoms with E-state index in [1.165, 1.54) is 0 Å². The van der Waals surface area contributed by atoms with Gasteiger partial charge in [-0.15, -0.1) is 0 Å². The molecule has 0 saturated heterocycles. The van der Waals surface area contributed by atoms with E-state index in [1.807, 2.05) is 13.8 Å². The highest BCUT2D eigenvalue weighted by Gasteiger charge is 1.99. The van der Waals surface area contributed by atoms with Crippen molar-refractivity contribution in [1.82, 2.24) is 0 Å². The maximum atomic E-state index is 7.39. The highest BCUT2D eigenvalue weighted by molar-refractivity contribution is 5.73. The van der Waals surface area contributed by atoms with Gasteiger partial charge in [-0.25, -0.2) is 0 Å². The van der Waals surface area contributed by atoms with Crippen LogP contribution in [0.15, 0.2) is 0 Å². The van der Waals surface area contributed by atoms with Crippen molar-refractivity contribution in [2.24, 2.45) is 0 Å². The first-order valence-corrected chi connectivity index (χ1v) is 5.61. The van der Waals surface area contributed by atoms with Crippen LogP contribution in [0.25, 0.3) is 0 Å². The van der Waals surface area contributed by atoms with E-state index in [-0.39, 0.29) is 0 Å². The van der Waals surface area contributed by atoms with Gasteiger partial charge in [-0.1, -0.05) is 6.42 Å². The number of nitrogens with one attached hydrogen (secondary N) is 2. The van der Waals surface area contributed by atoms with Gasteiger partial charge in [0.2, 0.25) is 0 Å². The third-order valence-corrected chi connectivity index (χ3v) is 1.94. The number of hydrogen-bond acceptors (Lipinski definition) is 4. The van der Waals surface area contributed by atoms with Crippen molar-refractivity contribution in [3.8, 4) is 0 Å². The summed E-state index contributed by atoms with van der Waals surface area (Å²) in [5, 5.41) is 14.8. The van der Waals surface area contributed by atoms with Crippen molar-refractivity contribution < 1.29 is 9.47 Å². The van der Waals surface area contributed by atoms with Crippen LogP contribution in [-0.2, 0) is 9.47 Å². The van der Waals surface area contributed by atoms with Crippen LogP contribution < -0.4 is 0 Å². The summed E-state index contributed by atoms with van der Waals surface area (Å²) < 4.78 is 10.0. The van der Waals surface area contributed by atoms with E-state index in [9.17, 15) is 0 Å². The molecule has 0 saturated carbocycles. The minimum atomic E-state index is 0.373. The summed E-state index contributed by atoms with van der Waals surface area (Å²) in [6.45, 7) is 4.93. The fourth-order valence-corrected chi connectivity index (χ4v) is 1.24. The van der Waals surface area contributed by atoms with Crippen LogP contribution in [-0.4, -0.2) is 25.0 Å². The molecule has 0 aliphatic carbocycles. The molecule has 0 aromatic rings. The highest BCUT2D eigenvalue weighted by Crippen LogP contribution is 2.05. The molecule has 0 rings (SSSR count). The Morgan fingerprint density at radius 2 is 1.20 bits per heavy atom. The quantitative estimate of drug-likeness (QED) is 0.370. The molecule has 0 unspecified atom stereocenters. The minimum absolute atomic E-state index is 0.373. The van der Waals surface area contributed by atoms with Gasteiger partial charge in [0.1, 0.15) is 0 Å². The van der Waals surface area contributed by atoms with Crippen molar-refractivity contribution in [3.63, 3.8) is 0 Å². The Hall–Kier alpha value is -1.06. The molecule has 0 aliphatic heterocycles. The molecule has 15 heavy (non-hydrogen) atoms. The Labute approximate surface area is 92.0 Å². The Kier molecular flexibility index (Phi) is 8.82. The van der Waals surface area contributed by atoms with Gasteiger partial charge in [0.05, 0.1) is 13.2 Å². The first-order chi connectivity index (χ1) is 7.20. The molecule has 88 valence electrons. The third-order valence-electron chi connectivity index (χ3n) is 1.94. The number of unbranched alkanes of at least 4 members (excludes halogenated alkanes) is 2. The third kappa shape index (κ3) is 9.25. The van der Waals surface area contributed by atoms with Gasteiger partial charge in [0.25, 0.3) is 0 Å². The fraction of sp³-hybridized carbons (Fsp3) is 0.818. The van der Waals surface area contributed by atoms with Crippen molar-refractivity contribution in [2.45, 2.75) is 46.0 Å². The molecule has 0 fully saturated rings. The van der Waals surface area contributed by atoms with Crippen molar-refractivity contribution in [3.05, 3.63) is 0 Å². The molecule has 4 heteroatoms. The Balaban J connectivity index is 3.24. The summed E-state index contributed by atoms with van der Waals surface area (Å²) in [5.74, 6) is 0.745. The van der Waals surface area contributed by atoms with E-state index in [1.54, 1.807) is 0 Å². The highest BCUT2D eigenvalue weighted by atomic mass is 16.5. The second kappa shape index (κ2) is 9.49. The zero-order valence-corrected chi connectivity index (χ0v) is 9.77. The van der Waals surface area contributed by atoms with E-state index >= 15 is 0 Å². The van der Waals surface area contributed by atoms with Crippen LogP contribution >= 0.6 is 0 Å². The molecule has 0 spiro atoms. The molecule has 0 atom stereocenters. The molecule has 0 aliphatic rings. The molecule has 0 aromatic heterocycles. The van der Waals surface area contributed by atoms with Crippen LogP contribution in [0.2, 0.25) is 0 Å². The molecule has 0 aromatic carbocycles. The molecular weight excluding hydrogens is 192 g/mol.